The molecule has 0 saturated heterocycles. The maximum absolute atomic E-state index is 10.6. The minimum atomic E-state index is -1.68. The van der Waals surface area contributed by atoms with E-state index >= 15 is 0 Å². The Balaban J connectivity index is 0.000000653. The first-order valence-corrected chi connectivity index (χ1v) is 11.2. The maximum atomic E-state index is 10.6. The summed E-state index contributed by atoms with van der Waals surface area (Å²) in [4.78, 5) is 94.6. The molecule has 0 spiro atoms. The van der Waals surface area contributed by atoms with Gasteiger partial charge in [0.25, 0.3) is 0 Å². The molecule has 0 atom stereocenters. The van der Waals surface area contributed by atoms with Gasteiger partial charge in [0.2, 0.25) is 0 Å². The molecule has 0 bridgehead atoms. The Bertz CT molecular complexity index is 1320. The van der Waals surface area contributed by atoms with E-state index in [-0.39, 0.29) is 59.6 Å². The molecular weight excluding hydrogens is 821 g/mol. The van der Waals surface area contributed by atoms with Crippen molar-refractivity contribution in [1.29, 1.82) is 0 Å². The van der Waals surface area contributed by atoms with Gasteiger partial charge in [0, 0.05) is 0 Å². The number of rotatable bonds is 9. The molecule has 236 valence electrons. The Morgan fingerprint density at radius 2 is 0.413 bits per heavy atom. The van der Waals surface area contributed by atoms with Crippen LogP contribution in [0.3, 0.4) is 0 Å². The number of hydrogen-bond donors (Lipinski definition) is 6. The van der Waals surface area contributed by atoms with Crippen LogP contribution in [0, 0.1) is 0 Å². The minimum Gasteiger partial charge on any atom is -0.545 e. The summed E-state index contributed by atoms with van der Waals surface area (Å²) in [7, 11) is 0. The maximum Gasteiger partial charge on any atom is 3.00 e. The summed E-state index contributed by atoms with van der Waals surface area (Å²) in [5, 5.41) is 82.9. The summed E-state index contributed by atoms with van der Waals surface area (Å²) in [5.41, 5.74) is -3.89. The van der Waals surface area contributed by atoms with Gasteiger partial charge in [-0.1, -0.05) is 0 Å². The summed E-state index contributed by atoms with van der Waals surface area (Å²) < 4.78 is 0. The van der Waals surface area contributed by atoms with Crippen molar-refractivity contribution in [2.45, 2.75) is 0 Å². The Labute approximate surface area is 273 Å². The van der Waals surface area contributed by atoms with Crippen LogP contribution in [0.5, 0.6) is 0 Å². The predicted octanol–water partition coefficient (Wildman–Crippen LogP) is -2.04. The van der Waals surface area contributed by atoms with Crippen LogP contribution in [-0.4, -0.2) is 111 Å². The molecule has 0 saturated carbocycles. The molecule has 0 aliphatic carbocycles. The van der Waals surface area contributed by atoms with Crippen molar-refractivity contribution in [3.05, 3.63) is 105 Å². The van der Waals surface area contributed by atoms with E-state index in [2.05, 4.69) is 0 Å². The van der Waals surface area contributed by atoms with E-state index in [4.69, 9.17) is 30.6 Å². The SMILES string of the molecule is O=C(O)c1cc(C(=O)O)cc(C(=O)O)c1.O=C(O)c1cc(C(=O)O)cc(C(=O)O)c1.O=C([O-])c1cc(C(=O)[O-])cc(C(=O)[O-])c1.[Bi+3]. The first-order chi connectivity index (χ1) is 20.7. The Kier molecular flexibility index (Phi) is 14.8. The van der Waals surface area contributed by atoms with Gasteiger partial charge in [-0.15, -0.1) is 0 Å². The molecule has 19 heteroatoms. The van der Waals surface area contributed by atoms with Gasteiger partial charge < -0.3 is 60.3 Å². The quantitative estimate of drug-likeness (QED) is 0.126. The van der Waals surface area contributed by atoms with E-state index in [9.17, 15) is 58.5 Å². The molecule has 0 aromatic heterocycles. The molecule has 2 radical (unpaired) electrons. The van der Waals surface area contributed by atoms with E-state index in [0.29, 0.717) is 0 Å². The van der Waals surface area contributed by atoms with Gasteiger partial charge in [0.05, 0.1) is 51.3 Å². The molecule has 3 aromatic carbocycles. The van der Waals surface area contributed by atoms with Crippen LogP contribution in [-0.2, 0) is 0 Å². The number of carbonyl (C=O) groups is 9. The Morgan fingerprint density at radius 1 is 0.304 bits per heavy atom. The van der Waals surface area contributed by atoms with Crippen LogP contribution >= 0.6 is 0 Å². The molecule has 0 fully saturated rings. The van der Waals surface area contributed by atoms with Gasteiger partial charge in [0.15, 0.2) is 0 Å². The fraction of sp³-hybridized carbons (Fsp3) is 0. The van der Waals surface area contributed by atoms with Gasteiger partial charge in [-0.25, -0.2) is 28.8 Å². The molecule has 18 nitrogen and oxygen atoms in total. The van der Waals surface area contributed by atoms with Crippen molar-refractivity contribution < 1.29 is 89.1 Å². The third-order valence-electron chi connectivity index (χ3n) is 4.99. The molecule has 3 aromatic rings. The molecule has 0 amide bonds. The zero-order valence-corrected chi connectivity index (χ0v) is 25.7. The number of aromatic carboxylic acids is 9. The zero-order valence-electron chi connectivity index (χ0n) is 22.2. The van der Waals surface area contributed by atoms with Crippen molar-refractivity contribution in [2.24, 2.45) is 0 Å². The van der Waals surface area contributed by atoms with Gasteiger partial charge in [-0.2, -0.15) is 0 Å². The second-order valence-corrected chi connectivity index (χ2v) is 8.09. The number of carboxylic acid groups (broad SMARTS) is 9. The first-order valence-electron chi connectivity index (χ1n) is 11.2. The van der Waals surface area contributed by atoms with Crippen LogP contribution < -0.4 is 15.3 Å². The fourth-order valence-electron chi connectivity index (χ4n) is 2.98. The fourth-order valence-corrected chi connectivity index (χ4v) is 2.98. The average Bonchev–Trinajstić information content (AvgIpc) is 2.96. The Hall–Kier alpha value is -6.23. The van der Waals surface area contributed by atoms with Gasteiger partial charge in [0.1, 0.15) is 0 Å². The zero-order chi connectivity index (χ0) is 34.8. The van der Waals surface area contributed by atoms with E-state index in [1.807, 2.05) is 0 Å². The van der Waals surface area contributed by atoms with Gasteiger partial charge >= 0.3 is 62.0 Å². The molecule has 0 aliphatic rings. The topological polar surface area (TPSA) is 344 Å². The summed E-state index contributed by atoms with van der Waals surface area (Å²) in [5.74, 6) is -13.3. The van der Waals surface area contributed by atoms with Gasteiger partial charge in [-0.05, 0) is 71.3 Å². The van der Waals surface area contributed by atoms with Crippen molar-refractivity contribution in [3.63, 3.8) is 0 Å². The summed E-state index contributed by atoms with van der Waals surface area (Å²) >= 11 is 0. The third-order valence-corrected chi connectivity index (χ3v) is 4.99. The summed E-state index contributed by atoms with van der Waals surface area (Å²) in [6.45, 7) is 0. The Morgan fingerprint density at radius 3 is 0.500 bits per heavy atom. The van der Waals surface area contributed by atoms with E-state index in [1.165, 1.54) is 0 Å². The number of benzene rings is 3. The second-order valence-electron chi connectivity index (χ2n) is 8.09. The van der Waals surface area contributed by atoms with Crippen molar-refractivity contribution in [2.75, 3.05) is 0 Å². The number of hydrogen-bond acceptors (Lipinski definition) is 12. The molecule has 0 heterocycles. The van der Waals surface area contributed by atoms with E-state index < -0.39 is 70.4 Å². The second kappa shape index (κ2) is 17.2. The minimum absolute atomic E-state index is 0. The van der Waals surface area contributed by atoms with Crippen molar-refractivity contribution in [1.82, 2.24) is 0 Å². The van der Waals surface area contributed by atoms with E-state index in [1.54, 1.807) is 0 Å². The van der Waals surface area contributed by atoms with Crippen molar-refractivity contribution in [3.8, 4) is 0 Å². The summed E-state index contributed by atoms with van der Waals surface area (Å²) in [6, 6.07) is 7.64. The molecule has 6 N–H and O–H groups in total. The third kappa shape index (κ3) is 11.8. The molecular formula is C27H15BiO18. The largest absolute Gasteiger partial charge is 3.00 e. The van der Waals surface area contributed by atoms with Crippen molar-refractivity contribution >= 4 is 79.9 Å². The number of carbonyl (C=O) groups excluding carboxylic acids is 3. The smallest absolute Gasteiger partial charge is 0.545 e. The molecule has 3 rings (SSSR count). The van der Waals surface area contributed by atoms with Gasteiger partial charge in [-0.3, -0.25) is 0 Å². The average molecular weight is 836 g/mol. The first kappa shape index (κ1) is 39.8. The molecule has 0 aliphatic heterocycles. The van der Waals surface area contributed by atoms with Crippen LogP contribution in [0.25, 0.3) is 0 Å². The van der Waals surface area contributed by atoms with Crippen LogP contribution in [0.1, 0.15) is 93.2 Å². The summed E-state index contributed by atoms with van der Waals surface area (Å²) in [6.07, 6.45) is 0. The predicted molar refractivity (Wildman–Crippen MR) is 140 cm³/mol. The molecule has 46 heavy (non-hydrogen) atoms. The van der Waals surface area contributed by atoms with Crippen LogP contribution in [0.4, 0.5) is 0 Å². The monoisotopic (exact) mass is 836 g/mol. The normalized spacial score (nSPS) is 9.39. The van der Waals surface area contributed by atoms with E-state index in [0.717, 1.165) is 54.6 Å². The standard InChI is InChI=1S/3C9H6O6.Bi/c3*10-7(11)4-1-5(8(12)13)3-6(2-4)9(14)15;/h3*1-3H,(H,10,11)(H,12,13)(H,14,15);/q;;;+3/p-3. The van der Waals surface area contributed by atoms with Crippen LogP contribution in [0.2, 0.25) is 0 Å². The number of carboxylic acids is 9. The molecule has 0 unspecified atom stereocenters. The van der Waals surface area contributed by atoms with Crippen LogP contribution in [0.15, 0.2) is 54.6 Å².